The summed E-state index contributed by atoms with van der Waals surface area (Å²) in [5.41, 5.74) is 4.93. The quantitative estimate of drug-likeness (QED) is 0.865. The molecule has 0 aliphatic heterocycles. The number of anilines is 1. The van der Waals surface area contributed by atoms with E-state index in [1.165, 1.54) is 0 Å². The predicted octanol–water partition coefficient (Wildman–Crippen LogP) is 4.28. The number of aromatic nitrogens is 1. The molecule has 2 N–H and O–H groups in total. The number of phenols is 1. The van der Waals surface area contributed by atoms with E-state index in [4.69, 9.17) is 4.74 Å². The van der Waals surface area contributed by atoms with E-state index in [1.807, 2.05) is 39.0 Å². The molecule has 4 nitrogen and oxygen atoms in total. The number of aryl methyl sites for hydroxylation is 3. The number of rotatable bonds is 5. The maximum absolute atomic E-state index is 9.99. The summed E-state index contributed by atoms with van der Waals surface area (Å²) in [5.74, 6) is 0.711. The molecule has 1 aromatic heterocycles. The Kier molecular flexibility index (Phi) is 4.91. The molecule has 2 aromatic rings. The van der Waals surface area contributed by atoms with Gasteiger partial charge in [-0.05, 0) is 56.5 Å². The van der Waals surface area contributed by atoms with Gasteiger partial charge in [-0.1, -0.05) is 13.0 Å². The number of aromatic hydroxyl groups is 1. The Labute approximate surface area is 132 Å². The molecule has 0 aliphatic carbocycles. The number of phenolic OH excluding ortho intramolecular Hbond substituents is 1. The molecule has 0 radical (unpaired) electrons. The van der Waals surface area contributed by atoms with Gasteiger partial charge in [0.1, 0.15) is 0 Å². The molecule has 0 aliphatic rings. The highest BCUT2D eigenvalue weighted by atomic mass is 16.5. The summed E-state index contributed by atoms with van der Waals surface area (Å²) in [6.45, 7) is 8.00. The Balaban J connectivity index is 2.34. The zero-order valence-electron chi connectivity index (χ0n) is 13.9. The second-order valence-corrected chi connectivity index (χ2v) is 5.58. The third kappa shape index (κ3) is 3.32. The molecule has 0 saturated carbocycles. The molecule has 1 atom stereocenters. The molecule has 118 valence electrons. The number of hydrogen-bond donors (Lipinski definition) is 2. The van der Waals surface area contributed by atoms with Crippen LogP contribution in [-0.4, -0.2) is 17.2 Å². The monoisotopic (exact) mass is 300 g/mol. The molecular formula is C18H24N2O2. The Morgan fingerprint density at radius 3 is 2.55 bits per heavy atom. The molecule has 1 heterocycles. The smallest absolute Gasteiger partial charge is 0.161 e. The van der Waals surface area contributed by atoms with Crippen molar-refractivity contribution in [3.63, 3.8) is 0 Å². The third-order valence-electron chi connectivity index (χ3n) is 3.87. The van der Waals surface area contributed by atoms with Crippen LogP contribution in [-0.2, 0) is 0 Å². The molecule has 0 spiro atoms. The van der Waals surface area contributed by atoms with Crippen LogP contribution >= 0.6 is 0 Å². The van der Waals surface area contributed by atoms with Crippen LogP contribution in [0.25, 0.3) is 0 Å². The standard InChI is InChI=1S/C18H24N2O2/c1-6-15(20-16-8-7-12(3)19-13(16)4)14-9-11(2)18(21)17(10-14)22-5/h7-10,15,20-21H,6H2,1-5H3. The Hall–Kier alpha value is -2.23. The fourth-order valence-electron chi connectivity index (χ4n) is 2.58. The summed E-state index contributed by atoms with van der Waals surface area (Å²) in [6, 6.07) is 8.09. The number of methoxy groups -OCH3 is 1. The molecule has 1 unspecified atom stereocenters. The lowest BCUT2D eigenvalue weighted by atomic mass is 10.0. The Morgan fingerprint density at radius 1 is 1.23 bits per heavy atom. The first-order chi connectivity index (χ1) is 10.5. The van der Waals surface area contributed by atoms with E-state index in [9.17, 15) is 5.11 Å². The zero-order valence-corrected chi connectivity index (χ0v) is 13.9. The summed E-state index contributed by atoms with van der Waals surface area (Å²) in [7, 11) is 1.57. The van der Waals surface area contributed by atoms with Crippen molar-refractivity contribution in [1.29, 1.82) is 0 Å². The van der Waals surface area contributed by atoms with Gasteiger partial charge in [-0.25, -0.2) is 0 Å². The maximum atomic E-state index is 9.99. The first-order valence-corrected chi connectivity index (χ1v) is 7.54. The van der Waals surface area contributed by atoms with E-state index in [1.54, 1.807) is 7.11 Å². The fourth-order valence-corrected chi connectivity index (χ4v) is 2.58. The molecular weight excluding hydrogens is 276 g/mol. The van der Waals surface area contributed by atoms with Gasteiger partial charge in [-0.15, -0.1) is 0 Å². The lowest BCUT2D eigenvalue weighted by Crippen LogP contribution is -2.11. The fraction of sp³-hybridized carbons (Fsp3) is 0.389. The van der Waals surface area contributed by atoms with Crippen LogP contribution in [0.3, 0.4) is 0 Å². The van der Waals surface area contributed by atoms with Crippen LogP contribution in [0.5, 0.6) is 11.5 Å². The molecule has 22 heavy (non-hydrogen) atoms. The van der Waals surface area contributed by atoms with Gasteiger partial charge in [0, 0.05) is 5.69 Å². The minimum absolute atomic E-state index is 0.136. The van der Waals surface area contributed by atoms with E-state index in [-0.39, 0.29) is 11.8 Å². The topological polar surface area (TPSA) is 54.4 Å². The highest BCUT2D eigenvalue weighted by Gasteiger charge is 2.15. The van der Waals surface area contributed by atoms with Gasteiger partial charge in [0.05, 0.1) is 24.5 Å². The number of benzene rings is 1. The predicted molar refractivity (Wildman–Crippen MR) is 89.8 cm³/mol. The van der Waals surface area contributed by atoms with Gasteiger partial charge in [0.25, 0.3) is 0 Å². The van der Waals surface area contributed by atoms with Crippen LogP contribution in [0.1, 0.15) is 41.9 Å². The van der Waals surface area contributed by atoms with Crippen LogP contribution in [0.4, 0.5) is 5.69 Å². The van der Waals surface area contributed by atoms with Gasteiger partial charge in [0.15, 0.2) is 11.5 Å². The van der Waals surface area contributed by atoms with Crippen molar-refractivity contribution in [2.75, 3.05) is 12.4 Å². The molecule has 0 fully saturated rings. The molecule has 1 aromatic carbocycles. The van der Waals surface area contributed by atoms with Gasteiger partial charge >= 0.3 is 0 Å². The number of ether oxygens (including phenoxy) is 1. The van der Waals surface area contributed by atoms with E-state index >= 15 is 0 Å². The Bertz CT molecular complexity index is 668. The van der Waals surface area contributed by atoms with Crippen molar-refractivity contribution in [1.82, 2.24) is 4.98 Å². The second kappa shape index (κ2) is 6.69. The minimum atomic E-state index is 0.136. The third-order valence-corrected chi connectivity index (χ3v) is 3.87. The molecule has 0 amide bonds. The number of pyridine rings is 1. The van der Waals surface area contributed by atoms with Crippen molar-refractivity contribution in [2.45, 2.75) is 40.2 Å². The highest BCUT2D eigenvalue weighted by Crippen LogP contribution is 2.35. The summed E-state index contributed by atoms with van der Waals surface area (Å²) in [4.78, 5) is 4.49. The van der Waals surface area contributed by atoms with E-state index < -0.39 is 0 Å². The molecule has 4 heteroatoms. The highest BCUT2D eigenvalue weighted by molar-refractivity contribution is 5.53. The number of nitrogens with zero attached hydrogens (tertiary/aromatic N) is 1. The second-order valence-electron chi connectivity index (χ2n) is 5.58. The van der Waals surface area contributed by atoms with Crippen molar-refractivity contribution < 1.29 is 9.84 Å². The first-order valence-electron chi connectivity index (χ1n) is 7.54. The van der Waals surface area contributed by atoms with Crippen LogP contribution in [0.2, 0.25) is 0 Å². The van der Waals surface area contributed by atoms with Crippen molar-refractivity contribution in [3.05, 3.63) is 46.8 Å². The maximum Gasteiger partial charge on any atom is 0.161 e. The van der Waals surface area contributed by atoms with Gasteiger partial charge in [-0.2, -0.15) is 0 Å². The SMILES string of the molecule is CCC(Nc1ccc(C)nc1C)c1cc(C)c(O)c(OC)c1. The summed E-state index contributed by atoms with van der Waals surface area (Å²) in [5, 5.41) is 13.5. The van der Waals surface area contributed by atoms with Gasteiger partial charge in [0.2, 0.25) is 0 Å². The Morgan fingerprint density at radius 2 is 1.95 bits per heavy atom. The van der Waals surface area contributed by atoms with E-state index in [0.717, 1.165) is 34.6 Å². The largest absolute Gasteiger partial charge is 0.504 e. The molecule has 0 bridgehead atoms. The first kappa shape index (κ1) is 16.1. The lowest BCUT2D eigenvalue weighted by molar-refractivity contribution is 0.371. The van der Waals surface area contributed by atoms with E-state index in [0.29, 0.717) is 5.75 Å². The van der Waals surface area contributed by atoms with Crippen molar-refractivity contribution in [2.24, 2.45) is 0 Å². The van der Waals surface area contributed by atoms with Crippen molar-refractivity contribution in [3.8, 4) is 11.5 Å². The van der Waals surface area contributed by atoms with Crippen LogP contribution < -0.4 is 10.1 Å². The molecule has 0 saturated heterocycles. The minimum Gasteiger partial charge on any atom is -0.504 e. The molecule has 2 rings (SSSR count). The number of hydrogen-bond acceptors (Lipinski definition) is 4. The van der Waals surface area contributed by atoms with Gasteiger partial charge in [-0.3, -0.25) is 4.98 Å². The zero-order chi connectivity index (χ0) is 16.3. The van der Waals surface area contributed by atoms with Crippen LogP contribution in [0.15, 0.2) is 24.3 Å². The summed E-state index contributed by atoms with van der Waals surface area (Å²) < 4.78 is 5.26. The number of nitrogens with one attached hydrogen (secondary N) is 1. The average Bonchev–Trinajstić information content (AvgIpc) is 2.49. The summed E-state index contributed by atoms with van der Waals surface area (Å²) in [6.07, 6.45) is 0.917. The summed E-state index contributed by atoms with van der Waals surface area (Å²) >= 11 is 0. The van der Waals surface area contributed by atoms with E-state index in [2.05, 4.69) is 23.3 Å². The van der Waals surface area contributed by atoms with Gasteiger partial charge < -0.3 is 15.2 Å². The average molecular weight is 300 g/mol. The van der Waals surface area contributed by atoms with Crippen LogP contribution in [0, 0.1) is 20.8 Å². The lowest BCUT2D eigenvalue weighted by Gasteiger charge is -2.21. The normalized spacial score (nSPS) is 12.0. The van der Waals surface area contributed by atoms with Crippen molar-refractivity contribution >= 4 is 5.69 Å².